The van der Waals surface area contributed by atoms with Crippen LogP contribution in [0.4, 0.5) is 0 Å². The number of carbonyl (C=O) groups excluding carboxylic acids is 3. The summed E-state index contributed by atoms with van der Waals surface area (Å²) in [6.07, 6.45) is 4.65. The molecule has 3 aromatic rings. The summed E-state index contributed by atoms with van der Waals surface area (Å²) in [5, 5.41) is 20.0. The Morgan fingerprint density at radius 1 is 1.12 bits per heavy atom. The molecule has 1 fully saturated rings. The molecule has 206 valence electrons. The second-order valence-electron chi connectivity index (χ2n) is 10.6. The summed E-state index contributed by atoms with van der Waals surface area (Å²) in [7, 11) is 0. The first-order valence-corrected chi connectivity index (χ1v) is 13.4. The number of fused-ring (bicyclic) bond motifs is 2. The van der Waals surface area contributed by atoms with E-state index in [0.717, 1.165) is 28.7 Å². The fourth-order valence-electron chi connectivity index (χ4n) is 6.23. The maximum Gasteiger partial charge on any atom is 0.248 e. The molecule has 1 aliphatic carbocycles. The number of hydrogen-bond acceptors (Lipinski definition) is 7. The zero-order valence-corrected chi connectivity index (χ0v) is 22.3. The van der Waals surface area contributed by atoms with Gasteiger partial charge in [0.25, 0.3) is 0 Å². The number of aryl methyl sites for hydroxylation is 2. The lowest BCUT2D eigenvalue weighted by Gasteiger charge is -2.37. The quantitative estimate of drug-likeness (QED) is 0.332. The summed E-state index contributed by atoms with van der Waals surface area (Å²) < 4.78 is 0. The molecule has 2 heterocycles. The van der Waals surface area contributed by atoms with Crippen LogP contribution in [0, 0.1) is 11.3 Å². The second-order valence-corrected chi connectivity index (χ2v) is 10.6. The average Bonchev–Trinajstić information content (AvgIpc) is 3.64. The number of carbonyl (C=O) groups is 3. The zero-order chi connectivity index (χ0) is 28.4. The van der Waals surface area contributed by atoms with Gasteiger partial charge in [0.05, 0.1) is 18.0 Å². The number of nitrogens with zero attached hydrogens (tertiary/aromatic N) is 4. The van der Waals surface area contributed by atoms with E-state index in [0.29, 0.717) is 49.2 Å². The summed E-state index contributed by atoms with van der Waals surface area (Å²) >= 11 is 0. The topological polar surface area (TPSA) is 184 Å². The van der Waals surface area contributed by atoms with Crippen molar-refractivity contribution in [1.82, 2.24) is 25.4 Å². The first-order chi connectivity index (χ1) is 19.2. The van der Waals surface area contributed by atoms with Crippen molar-refractivity contribution in [3.8, 4) is 6.07 Å². The molecular formula is C29H32N8O3. The Morgan fingerprint density at radius 2 is 1.75 bits per heavy atom. The lowest BCUT2D eigenvalue weighted by Crippen LogP contribution is -2.45. The van der Waals surface area contributed by atoms with Gasteiger partial charge in [0.2, 0.25) is 17.7 Å². The van der Waals surface area contributed by atoms with Crippen LogP contribution in [0.15, 0.2) is 42.7 Å². The molecule has 2 aromatic carbocycles. The molecule has 6 N–H and O–H groups in total. The zero-order valence-electron chi connectivity index (χ0n) is 22.3. The van der Waals surface area contributed by atoms with E-state index in [-0.39, 0.29) is 24.5 Å². The lowest BCUT2D eigenvalue weighted by molar-refractivity contribution is -0.130. The summed E-state index contributed by atoms with van der Waals surface area (Å²) in [6.45, 7) is 2.67. The number of primary amides is 2. The third kappa shape index (κ3) is 4.82. The van der Waals surface area contributed by atoms with Gasteiger partial charge in [0.15, 0.2) is 0 Å². The molecule has 0 spiro atoms. The molecule has 11 heteroatoms. The maximum absolute atomic E-state index is 13.0. The highest BCUT2D eigenvalue weighted by Crippen LogP contribution is 2.47. The number of nitriles is 1. The van der Waals surface area contributed by atoms with Crippen molar-refractivity contribution in [3.05, 3.63) is 81.9 Å². The smallest absolute Gasteiger partial charge is 0.248 e. The molecule has 0 radical (unpaired) electrons. The molecule has 2 aliphatic rings. The number of aromatic amines is 1. The average molecular weight is 541 g/mol. The fraction of sp³-hybridized carbons (Fsp3) is 0.379. The van der Waals surface area contributed by atoms with E-state index in [1.165, 1.54) is 6.33 Å². The van der Waals surface area contributed by atoms with Crippen LogP contribution in [0.1, 0.15) is 75.0 Å². The highest BCUT2D eigenvalue weighted by molar-refractivity contribution is 5.94. The maximum atomic E-state index is 13.0. The third-order valence-corrected chi connectivity index (χ3v) is 8.12. The second kappa shape index (κ2) is 10.9. The van der Waals surface area contributed by atoms with Gasteiger partial charge in [-0.25, -0.2) is 4.98 Å². The molecule has 1 aliphatic heterocycles. The van der Waals surface area contributed by atoms with Gasteiger partial charge in [-0.05, 0) is 85.5 Å². The molecule has 3 amide bonds. The normalized spacial score (nSPS) is 18.2. The van der Waals surface area contributed by atoms with Crippen molar-refractivity contribution in [2.24, 2.45) is 11.5 Å². The van der Waals surface area contributed by atoms with Crippen LogP contribution in [0.5, 0.6) is 0 Å². The number of hydrogen-bond donors (Lipinski definition) is 4. The van der Waals surface area contributed by atoms with Crippen LogP contribution in [0.3, 0.4) is 0 Å². The minimum Gasteiger partial charge on any atom is -0.366 e. The van der Waals surface area contributed by atoms with Crippen LogP contribution in [0.2, 0.25) is 0 Å². The highest BCUT2D eigenvalue weighted by atomic mass is 16.2. The van der Waals surface area contributed by atoms with Gasteiger partial charge in [-0.1, -0.05) is 12.1 Å². The predicted octanol–water partition coefficient (Wildman–Crippen LogP) is 1.32. The Bertz CT molecular complexity index is 1430. The molecule has 1 aromatic heterocycles. The molecule has 0 saturated carbocycles. The van der Waals surface area contributed by atoms with E-state index in [1.807, 2.05) is 31.2 Å². The van der Waals surface area contributed by atoms with Crippen molar-refractivity contribution in [1.29, 1.82) is 5.26 Å². The monoisotopic (exact) mass is 540 g/mol. The van der Waals surface area contributed by atoms with Crippen LogP contribution in [-0.4, -0.2) is 63.0 Å². The fourth-order valence-corrected chi connectivity index (χ4v) is 6.23. The van der Waals surface area contributed by atoms with Gasteiger partial charge < -0.3 is 21.7 Å². The minimum absolute atomic E-state index is 0.0901. The Kier molecular flexibility index (Phi) is 7.36. The Morgan fingerprint density at radius 3 is 2.27 bits per heavy atom. The molecular weight excluding hydrogens is 508 g/mol. The number of benzene rings is 2. The van der Waals surface area contributed by atoms with Crippen LogP contribution < -0.4 is 16.8 Å². The van der Waals surface area contributed by atoms with Gasteiger partial charge in [-0.3, -0.25) is 19.5 Å². The van der Waals surface area contributed by atoms with Gasteiger partial charge in [-0.15, -0.1) is 0 Å². The first kappa shape index (κ1) is 27.0. The molecule has 11 nitrogen and oxygen atoms in total. The summed E-state index contributed by atoms with van der Waals surface area (Å²) in [4.78, 5) is 43.3. The molecule has 40 heavy (non-hydrogen) atoms. The Hall–Kier alpha value is -4.56. The summed E-state index contributed by atoms with van der Waals surface area (Å²) in [5.41, 5.74) is 14.9. The van der Waals surface area contributed by atoms with Crippen LogP contribution in [-0.2, 0) is 23.1 Å². The number of amides is 3. The van der Waals surface area contributed by atoms with E-state index in [1.54, 1.807) is 17.0 Å². The largest absolute Gasteiger partial charge is 0.366 e. The lowest BCUT2D eigenvalue weighted by atomic mass is 9.67. The standard InChI is InChI=1S/C29H32N8O3/c1-17(33-15-25(38)37-10-2-3-22(37)14-30)13-29(28-34-16-35-36-28)23-8-6-20(26(31)39)11-18(23)4-5-19-12-21(27(32)40)7-9-24(19)29/h6-9,11-12,16-17,22,33H,2-5,10,13,15H2,1H3,(H2,31,39)(H2,32,40)(H,34,35,36)/t17-,22?/m1/s1. The van der Waals surface area contributed by atoms with E-state index in [9.17, 15) is 19.6 Å². The van der Waals surface area contributed by atoms with Gasteiger partial charge >= 0.3 is 0 Å². The highest BCUT2D eigenvalue weighted by Gasteiger charge is 2.45. The first-order valence-electron chi connectivity index (χ1n) is 13.4. The summed E-state index contributed by atoms with van der Waals surface area (Å²) in [6, 6.07) is 12.5. The molecule has 2 atom stereocenters. The number of H-pyrrole nitrogens is 1. The van der Waals surface area contributed by atoms with Gasteiger partial charge in [0.1, 0.15) is 18.2 Å². The molecule has 0 bridgehead atoms. The Labute approximate surface area is 231 Å². The number of likely N-dealkylation sites (tertiary alicyclic amines) is 1. The number of nitrogens with one attached hydrogen (secondary N) is 2. The van der Waals surface area contributed by atoms with Crippen molar-refractivity contribution >= 4 is 17.7 Å². The van der Waals surface area contributed by atoms with Crippen LogP contribution >= 0.6 is 0 Å². The summed E-state index contributed by atoms with van der Waals surface area (Å²) in [5.74, 6) is -0.544. The van der Waals surface area contributed by atoms with E-state index < -0.39 is 17.2 Å². The van der Waals surface area contributed by atoms with Crippen molar-refractivity contribution < 1.29 is 14.4 Å². The van der Waals surface area contributed by atoms with Crippen molar-refractivity contribution in [3.63, 3.8) is 0 Å². The van der Waals surface area contributed by atoms with E-state index in [2.05, 4.69) is 26.6 Å². The number of nitrogens with two attached hydrogens (primary N) is 2. The predicted molar refractivity (Wildman–Crippen MR) is 146 cm³/mol. The SMILES string of the molecule is C[C@H](CC1(c2ncn[nH]2)c2ccc(C(N)=O)cc2CCc2cc(C(N)=O)ccc21)NCC(=O)N1CCCC1C#N. The number of rotatable bonds is 8. The van der Waals surface area contributed by atoms with Crippen molar-refractivity contribution in [2.45, 2.75) is 56.5 Å². The minimum atomic E-state index is -0.859. The third-order valence-electron chi connectivity index (χ3n) is 8.12. The van der Waals surface area contributed by atoms with Gasteiger partial charge in [0, 0.05) is 23.7 Å². The molecule has 1 saturated heterocycles. The molecule has 1 unspecified atom stereocenters. The number of aromatic nitrogens is 3. The van der Waals surface area contributed by atoms with Crippen molar-refractivity contribution in [2.75, 3.05) is 13.1 Å². The molecule has 5 rings (SSSR count). The van der Waals surface area contributed by atoms with Gasteiger partial charge in [-0.2, -0.15) is 10.4 Å². The van der Waals surface area contributed by atoms with E-state index in [4.69, 9.17) is 11.5 Å². The van der Waals surface area contributed by atoms with E-state index >= 15 is 0 Å². The van der Waals surface area contributed by atoms with Crippen LogP contribution in [0.25, 0.3) is 0 Å². The Balaban J connectivity index is 1.58.